The van der Waals surface area contributed by atoms with Gasteiger partial charge in [0, 0.05) is 23.8 Å². The lowest BCUT2D eigenvalue weighted by Crippen LogP contribution is -2.50. The fraction of sp³-hybridized carbons (Fsp3) is 0.889. The topological polar surface area (TPSA) is 63.7 Å². The van der Waals surface area contributed by atoms with Gasteiger partial charge >= 0.3 is 6.09 Å². The highest BCUT2D eigenvalue weighted by atomic mass is 32.2. The number of amides is 1. The fourth-order valence-electron chi connectivity index (χ4n) is 1.49. The molecular weight excluding hydrogens is 250 g/mol. The van der Waals surface area contributed by atoms with Gasteiger partial charge in [-0.25, -0.2) is 13.2 Å². The van der Waals surface area contributed by atoms with Crippen LogP contribution in [0.2, 0.25) is 0 Å². The smallest absolute Gasteiger partial charge is 0.410 e. The van der Waals surface area contributed by atoms with Gasteiger partial charge in [-0.3, -0.25) is 4.90 Å². The van der Waals surface area contributed by atoms with Crippen LogP contribution >= 0.6 is 11.8 Å². The van der Waals surface area contributed by atoms with E-state index >= 15 is 0 Å². The Bertz CT molecular complexity index is 341. The Balaban J connectivity index is 2.83. The number of ether oxygens (including phenoxy) is 1. The number of hydrogen-bond donors (Lipinski definition) is 0. The molecule has 1 saturated heterocycles. The van der Waals surface area contributed by atoms with Gasteiger partial charge in [0.2, 0.25) is 0 Å². The summed E-state index contributed by atoms with van der Waals surface area (Å²) in [5.41, 5.74) is 0. The molecule has 94 valence electrons. The summed E-state index contributed by atoms with van der Waals surface area (Å²) in [6.07, 6.45) is -0.523. The SMILES string of the molecule is CCOC(=O)N1CCSCC1S(=O)(=O)CC. The quantitative estimate of drug-likeness (QED) is 0.762. The van der Waals surface area contributed by atoms with E-state index in [9.17, 15) is 13.2 Å². The lowest BCUT2D eigenvalue weighted by molar-refractivity contribution is 0.106. The van der Waals surface area contributed by atoms with Gasteiger partial charge in [-0.05, 0) is 6.92 Å². The van der Waals surface area contributed by atoms with E-state index in [0.717, 1.165) is 5.75 Å². The highest BCUT2D eigenvalue weighted by molar-refractivity contribution is 8.01. The van der Waals surface area contributed by atoms with E-state index in [4.69, 9.17) is 4.74 Å². The lowest BCUT2D eigenvalue weighted by Gasteiger charge is -2.33. The van der Waals surface area contributed by atoms with Crippen molar-refractivity contribution in [2.45, 2.75) is 19.2 Å². The maximum atomic E-state index is 11.8. The second-order valence-electron chi connectivity index (χ2n) is 3.37. The van der Waals surface area contributed by atoms with Gasteiger partial charge in [0.05, 0.1) is 6.61 Å². The van der Waals surface area contributed by atoms with E-state index in [-0.39, 0.29) is 12.4 Å². The van der Waals surface area contributed by atoms with Gasteiger partial charge in [0.15, 0.2) is 9.84 Å². The highest BCUT2D eigenvalue weighted by Crippen LogP contribution is 2.22. The van der Waals surface area contributed by atoms with Crippen molar-refractivity contribution in [3.05, 3.63) is 0 Å². The summed E-state index contributed by atoms with van der Waals surface area (Å²) in [6, 6.07) is 0. The Morgan fingerprint density at radius 3 is 2.75 bits per heavy atom. The molecule has 0 radical (unpaired) electrons. The summed E-state index contributed by atoms with van der Waals surface area (Å²) < 4.78 is 28.5. The van der Waals surface area contributed by atoms with Crippen LogP contribution in [0.4, 0.5) is 4.79 Å². The molecule has 7 heteroatoms. The molecule has 0 aromatic heterocycles. The van der Waals surface area contributed by atoms with Crippen molar-refractivity contribution in [2.75, 3.05) is 30.4 Å². The molecule has 0 aromatic carbocycles. The number of carbonyl (C=O) groups excluding carboxylic acids is 1. The molecule has 1 rings (SSSR count). The average Bonchev–Trinajstić information content (AvgIpc) is 2.29. The van der Waals surface area contributed by atoms with E-state index in [0.29, 0.717) is 12.3 Å². The molecule has 1 fully saturated rings. The molecule has 1 amide bonds. The van der Waals surface area contributed by atoms with Crippen molar-refractivity contribution >= 4 is 27.7 Å². The van der Waals surface area contributed by atoms with Crippen LogP contribution < -0.4 is 0 Å². The molecule has 1 aliphatic heterocycles. The van der Waals surface area contributed by atoms with Gasteiger partial charge in [0.25, 0.3) is 0 Å². The monoisotopic (exact) mass is 267 g/mol. The predicted molar refractivity (Wildman–Crippen MR) is 64.3 cm³/mol. The van der Waals surface area contributed by atoms with Gasteiger partial charge in [-0.1, -0.05) is 6.92 Å². The zero-order valence-corrected chi connectivity index (χ0v) is 11.1. The summed E-state index contributed by atoms with van der Waals surface area (Å²) >= 11 is 1.56. The molecular formula is C9H17NO4S2. The first-order valence-corrected chi connectivity index (χ1v) is 8.12. The Kier molecular flexibility index (Phi) is 4.91. The minimum atomic E-state index is -3.23. The van der Waals surface area contributed by atoms with Crippen molar-refractivity contribution in [2.24, 2.45) is 0 Å². The van der Waals surface area contributed by atoms with Crippen molar-refractivity contribution < 1.29 is 17.9 Å². The van der Waals surface area contributed by atoms with E-state index in [1.54, 1.807) is 25.6 Å². The van der Waals surface area contributed by atoms with Crippen molar-refractivity contribution in [3.8, 4) is 0 Å². The summed E-state index contributed by atoms with van der Waals surface area (Å²) in [5.74, 6) is 1.25. The standard InChI is InChI=1S/C9H17NO4S2/c1-3-14-9(11)10-5-6-15-7-8(10)16(12,13)4-2/h8H,3-7H2,1-2H3. The summed E-state index contributed by atoms with van der Waals surface area (Å²) in [5, 5.41) is -0.727. The molecule has 0 N–H and O–H groups in total. The van der Waals surface area contributed by atoms with E-state index in [1.807, 2.05) is 0 Å². The predicted octanol–water partition coefficient (Wildman–Crippen LogP) is 0.952. The van der Waals surface area contributed by atoms with Crippen molar-refractivity contribution in [1.82, 2.24) is 4.90 Å². The second kappa shape index (κ2) is 5.77. The Morgan fingerprint density at radius 2 is 2.19 bits per heavy atom. The normalized spacial score (nSPS) is 21.9. The third kappa shape index (κ3) is 3.04. The zero-order valence-electron chi connectivity index (χ0n) is 9.51. The van der Waals surface area contributed by atoms with Gasteiger partial charge < -0.3 is 4.74 Å². The molecule has 0 aliphatic carbocycles. The van der Waals surface area contributed by atoms with Gasteiger partial charge in [-0.15, -0.1) is 0 Å². The first-order chi connectivity index (χ1) is 7.53. The second-order valence-corrected chi connectivity index (χ2v) is 6.97. The summed E-state index contributed by atoms with van der Waals surface area (Å²) in [7, 11) is -3.23. The summed E-state index contributed by atoms with van der Waals surface area (Å²) in [6.45, 7) is 4.01. The number of hydrogen-bond acceptors (Lipinski definition) is 5. The average molecular weight is 267 g/mol. The molecule has 0 aromatic rings. The van der Waals surface area contributed by atoms with Crippen LogP contribution in [0.15, 0.2) is 0 Å². The third-order valence-electron chi connectivity index (χ3n) is 2.40. The molecule has 1 atom stereocenters. The van der Waals surface area contributed by atoms with Crippen LogP contribution in [0.5, 0.6) is 0 Å². The van der Waals surface area contributed by atoms with Gasteiger partial charge in [0.1, 0.15) is 5.37 Å². The zero-order chi connectivity index (χ0) is 12.2. The van der Waals surface area contributed by atoms with E-state index in [1.165, 1.54) is 4.90 Å². The third-order valence-corrected chi connectivity index (χ3v) is 5.69. The van der Waals surface area contributed by atoms with Crippen LogP contribution in [-0.4, -0.2) is 55.2 Å². The molecule has 0 spiro atoms. The van der Waals surface area contributed by atoms with Crippen LogP contribution in [-0.2, 0) is 14.6 Å². The van der Waals surface area contributed by atoms with Crippen molar-refractivity contribution in [3.63, 3.8) is 0 Å². The van der Waals surface area contributed by atoms with E-state index in [2.05, 4.69) is 0 Å². The maximum absolute atomic E-state index is 11.8. The largest absolute Gasteiger partial charge is 0.450 e. The number of thioether (sulfide) groups is 1. The number of carbonyl (C=O) groups is 1. The lowest BCUT2D eigenvalue weighted by atomic mass is 10.5. The van der Waals surface area contributed by atoms with E-state index < -0.39 is 21.3 Å². The van der Waals surface area contributed by atoms with Crippen LogP contribution in [0.1, 0.15) is 13.8 Å². The maximum Gasteiger partial charge on any atom is 0.410 e. The number of rotatable bonds is 3. The Labute approximate surface area is 100 Å². The molecule has 0 bridgehead atoms. The van der Waals surface area contributed by atoms with Crippen molar-refractivity contribution in [1.29, 1.82) is 0 Å². The number of nitrogens with zero attached hydrogens (tertiary/aromatic N) is 1. The molecule has 0 saturated carbocycles. The van der Waals surface area contributed by atoms with Crippen LogP contribution in [0, 0.1) is 0 Å². The van der Waals surface area contributed by atoms with Crippen LogP contribution in [0.3, 0.4) is 0 Å². The first kappa shape index (κ1) is 13.6. The minimum absolute atomic E-state index is 0.0497. The number of sulfone groups is 1. The highest BCUT2D eigenvalue weighted by Gasteiger charge is 2.36. The van der Waals surface area contributed by atoms with Crippen LogP contribution in [0.25, 0.3) is 0 Å². The summed E-state index contributed by atoms with van der Waals surface area (Å²) in [4.78, 5) is 12.9. The first-order valence-electron chi connectivity index (χ1n) is 5.25. The molecule has 1 heterocycles. The molecule has 16 heavy (non-hydrogen) atoms. The fourth-order valence-corrected chi connectivity index (χ4v) is 4.44. The molecule has 1 aliphatic rings. The Morgan fingerprint density at radius 1 is 1.50 bits per heavy atom. The Hall–Kier alpha value is -0.430. The minimum Gasteiger partial charge on any atom is -0.450 e. The molecule has 5 nitrogen and oxygen atoms in total. The molecule has 1 unspecified atom stereocenters. The van der Waals surface area contributed by atoms with Gasteiger partial charge in [-0.2, -0.15) is 11.8 Å².